The van der Waals surface area contributed by atoms with Crippen molar-refractivity contribution in [2.24, 2.45) is 0 Å². The Bertz CT molecular complexity index is 1170. The maximum absolute atomic E-state index is 13.3. The standard InChI is InChI=1S/C26H23N3O3/c27-16-19-6-11-24-21(14-19)12-13-29(25(24)30)23(15-18-4-2-1-3-5-18)17-28-22-9-7-20(8-10-22)26(31)32/h1-11,14,23,28H,12-13,15,17H2,(H,31,32)/t23-/m0/s1. The van der Waals surface area contributed by atoms with Gasteiger partial charge in [-0.15, -0.1) is 0 Å². The number of hydrogen-bond acceptors (Lipinski definition) is 4. The molecule has 3 aromatic rings. The first-order chi connectivity index (χ1) is 15.5. The number of rotatable bonds is 7. The van der Waals surface area contributed by atoms with Gasteiger partial charge in [0.15, 0.2) is 0 Å². The number of carbonyl (C=O) groups excluding carboxylic acids is 1. The number of hydrogen-bond donors (Lipinski definition) is 2. The van der Waals surface area contributed by atoms with E-state index in [1.54, 1.807) is 42.5 Å². The lowest BCUT2D eigenvalue weighted by Crippen LogP contribution is -2.48. The van der Waals surface area contributed by atoms with Gasteiger partial charge in [-0.3, -0.25) is 4.79 Å². The maximum Gasteiger partial charge on any atom is 0.335 e. The molecule has 3 aromatic carbocycles. The molecule has 0 saturated carbocycles. The summed E-state index contributed by atoms with van der Waals surface area (Å²) in [7, 11) is 0. The summed E-state index contributed by atoms with van der Waals surface area (Å²) < 4.78 is 0. The van der Waals surface area contributed by atoms with Crippen molar-refractivity contribution in [1.82, 2.24) is 4.90 Å². The van der Waals surface area contributed by atoms with Crippen molar-refractivity contribution in [3.8, 4) is 6.07 Å². The predicted molar refractivity (Wildman–Crippen MR) is 122 cm³/mol. The molecule has 1 amide bonds. The molecule has 0 aliphatic carbocycles. The van der Waals surface area contributed by atoms with Crippen LogP contribution in [-0.4, -0.2) is 41.0 Å². The lowest BCUT2D eigenvalue weighted by atomic mass is 9.94. The van der Waals surface area contributed by atoms with Gasteiger partial charge >= 0.3 is 5.97 Å². The fraction of sp³-hybridized carbons (Fsp3) is 0.192. The van der Waals surface area contributed by atoms with Crippen LogP contribution in [0.3, 0.4) is 0 Å². The van der Waals surface area contributed by atoms with Crippen molar-refractivity contribution >= 4 is 17.6 Å². The van der Waals surface area contributed by atoms with E-state index < -0.39 is 5.97 Å². The number of anilines is 1. The topological polar surface area (TPSA) is 93.4 Å². The minimum atomic E-state index is -0.962. The van der Waals surface area contributed by atoms with Gasteiger partial charge in [-0.25, -0.2) is 4.79 Å². The molecule has 0 fully saturated rings. The molecule has 0 bridgehead atoms. The molecule has 1 aliphatic heterocycles. The molecule has 0 spiro atoms. The lowest BCUT2D eigenvalue weighted by Gasteiger charge is -2.36. The van der Waals surface area contributed by atoms with E-state index in [0.29, 0.717) is 37.1 Å². The molecule has 2 N–H and O–H groups in total. The third kappa shape index (κ3) is 4.62. The summed E-state index contributed by atoms with van der Waals surface area (Å²) in [5.41, 5.74) is 4.31. The van der Waals surface area contributed by atoms with E-state index in [9.17, 15) is 9.59 Å². The van der Waals surface area contributed by atoms with Crippen LogP contribution in [0.5, 0.6) is 0 Å². The number of fused-ring (bicyclic) bond motifs is 1. The van der Waals surface area contributed by atoms with Gasteiger partial charge < -0.3 is 15.3 Å². The monoisotopic (exact) mass is 425 g/mol. The van der Waals surface area contributed by atoms with Gasteiger partial charge in [0.2, 0.25) is 0 Å². The van der Waals surface area contributed by atoms with Crippen LogP contribution in [0.1, 0.15) is 37.4 Å². The molecule has 1 atom stereocenters. The van der Waals surface area contributed by atoms with E-state index in [2.05, 4.69) is 23.5 Å². The molecule has 6 nitrogen and oxygen atoms in total. The zero-order valence-corrected chi connectivity index (χ0v) is 17.5. The average molecular weight is 425 g/mol. The fourth-order valence-corrected chi connectivity index (χ4v) is 4.07. The highest BCUT2D eigenvalue weighted by Gasteiger charge is 2.30. The van der Waals surface area contributed by atoms with Crippen LogP contribution in [0.15, 0.2) is 72.8 Å². The summed E-state index contributed by atoms with van der Waals surface area (Å²) in [6, 6.07) is 23.9. The summed E-state index contributed by atoms with van der Waals surface area (Å²) in [6.45, 7) is 1.11. The molecule has 0 aromatic heterocycles. The minimum Gasteiger partial charge on any atom is -0.478 e. The Morgan fingerprint density at radius 2 is 1.84 bits per heavy atom. The maximum atomic E-state index is 13.3. The quantitative estimate of drug-likeness (QED) is 0.597. The van der Waals surface area contributed by atoms with E-state index in [-0.39, 0.29) is 17.5 Å². The molecule has 4 rings (SSSR count). The molecule has 6 heteroatoms. The summed E-state index contributed by atoms with van der Waals surface area (Å²) in [4.78, 5) is 26.3. The molecular formula is C26H23N3O3. The largest absolute Gasteiger partial charge is 0.478 e. The second-order valence-corrected chi connectivity index (χ2v) is 7.84. The average Bonchev–Trinajstić information content (AvgIpc) is 2.83. The summed E-state index contributed by atoms with van der Waals surface area (Å²) in [6.07, 6.45) is 1.40. The first kappa shape index (κ1) is 21.1. The zero-order valence-electron chi connectivity index (χ0n) is 17.5. The number of nitriles is 1. The second kappa shape index (κ2) is 9.36. The Labute approximate surface area is 186 Å². The molecule has 1 heterocycles. The van der Waals surface area contributed by atoms with Crippen LogP contribution in [0.2, 0.25) is 0 Å². The van der Waals surface area contributed by atoms with Crippen LogP contribution in [0.25, 0.3) is 0 Å². The third-order valence-electron chi connectivity index (χ3n) is 5.78. The van der Waals surface area contributed by atoms with Crippen molar-refractivity contribution < 1.29 is 14.7 Å². The van der Waals surface area contributed by atoms with Crippen molar-refractivity contribution in [3.63, 3.8) is 0 Å². The molecular weight excluding hydrogens is 402 g/mol. The normalized spacial score (nSPS) is 13.7. The van der Waals surface area contributed by atoms with E-state index in [0.717, 1.165) is 16.8 Å². The Balaban J connectivity index is 1.55. The van der Waals surface area contributed by atoms with Gasteiger partial charge in [0.05, 0.1) is 23.2 Å². The Morgan fingerprint density at radius 1 is 1.09 bits per heavy atom. The minimum absolute atomic E-state index is 0.0281. The van der Waals surface area contributed by atoms with Crippen molar-refractivity contribution in [2.75, 3.05) is 18.4 Å². The van der Waals surface area contributed by atoms with E-state index in [4.69, 9.17) is 10.4 Å². The number of carboxylic acids is 1. The number of nitrogens with zero attached hydrogens (tertiary/aromatic N) is 2. The highest BCUT2D eigenvalue weighted by atomic mass is 16.4. The first-order valence-corrected chi connectivity index (χ1v) is 10.5. The number of nitrogens with one attached hydrogen (secondary N) is 1. The molecule has 0 saturated heterocycles. The number of amides is 1. The van der Waals surface area contributed by atoms with Crippen molar-refractivity contribution in [3.05, 3.63) is 101 Å². The summed E-state index contributed by atoms with van der Waals surface area (Å²) in [5, 5.41) is 21.6. The summed E-state index contributed by atoms with van der Waals surface area (Å²) >= 11 is 0. The number of carbonyl (C=O) groups is 2. The Kier molecular flexibility index (Phi) is 6.18. The van der Waals surface area contributed by atoms with Crippen LogP contribution in [0.4, 0.5) is 5.69 Å². The predicted octanol–water partition coefficient (Wildman–Crippen LogP) is 3.98. The van der Waals surface area contributed by atoms with Crippen LogP contribution in [0, 0.1) is 11.3 Å². The van der Waals surface area contributed by atoms with Crippen LogP contribution in [-0.2, 0) is 12.8 Å². The van der Waals surface area contributed by atoms with Gasteiger partial charge in [0.25, 0.3) is 5.91 Å². The van der Waals surface area contributed by atoms with Gasteiger partial charge in [0.1, 0.15) is 0 Å². The van der Waals surface area contributed by atoms with Gasteiger partial charge in [-0.05, 0) is 66.4 Å². The fourth-order valence-electron chi connectivity index (χ4n) is 4.07. The zero-order chi connectivity index (χ0) is 22.5. The van der Waals surface area contributed by atoms with Crippen LogP contribution < -0.4 is 5.32 Å². The number of benzene rings is 3. The lowest BCUT2D eigenvalue weighted by molar-refractivity contribution is 0.0665. The van der Waals surface area contributed by atoms with Crippen molar-refractivity contribution in [2.45, 2.75) is 18.9 Å². The first-order valence-electron chi connectivity index (χ1n) is 10.5. The van der Waals surface area contributed by atoms with E-state index in [1.165, 1.54) is 0 Å². The molecule has 160 valence electrons. The Hall–Kier alpha value is -4.11. The Morgan fingerprint density at radius 3 is 2.53 bits per heavy atom. The molecule has 0 radical (unpaired) electrons. The second-order valence-electron chi connectivity index (χ2n) is 7.84. The number of aromatic carboxylic acids is 1. The third-order valence-corrected chi connectivity index (χ3v) is 5.78. The smallest absolute Gasteiger partial charge is 0.335 e. The SMILES string of the molecule is N#Cc1ccc2c(c1)CCN([C@H](CNc1ccc(C(=O)O)cc1)Cc1ccccc1)C2=O. The highest BCUT2D eigenvalue weighted by molar-refractivity contribution is 5.97. The van der Waals surface area contributed by atoms with Crippen molar-refractivity contribution in [1.29, 1.82) is 5.26 Å². The summed E-state index contributed by atoms with van der Waals surface area (Å²) in [5.74, 6) is -0.990. The van der Waals surface area contributed by atoms with E-state index in [1.807, 2.05) is 23.1 Å². The highest BCUT2D eigenvalue weighted by Crippen LogP contribution is 2.24. The molecule has 32 heavy (non-hydrogen) atoms. The van der Waals surface area contributed by atoms with Crippen LogP contribution >= 0.6 is 0 Å². The van der Waals surface area contributed by atoms with Gasteiger partial charge in [0, 0.05) is 24.3 Å². The van der Waals surface area contributed by atoms with E-state index >= 15 is 0 Å². The van der Waals surface area contributed by atoms with Gasteiger partial charge in [-0.2, -0.15) is 5.26 Å². The molecule has 1 aliphatic rings. The molecule has 0 unspecified atom stereocenters. The number of carboxylic acid groups (broad SMARTS) is 1. The van der Waals surface area contributed by atoms with Gasteiger partial charge in [-0.1, -0.05) is 30.3 Å².